The number of carbonyl (C=O) groups is 1. The molecule has 0 fully saturated rings. The lowest BCUT2D eigenvalue weighted by atomic mass is 10.2. The number of carbonyl (C=O) groups excluding carboxylic acids is 1. The van der Waals surface area contributed by atoms with E-state index in [1.165, 1.54) is 19.6 Å². The van der Waals surface area contributed by atoms with Crippen LogP contribution in [0.5, 0.6) is 0 Å². The second kappa shape index (κ2) is 3.42. The average Bonchev–Trinajstić information content (AvgIpc) is 2.59. The van der Waals surface area contributed by atoms with Crippen LogP contribution in [0.25, 0.3) is 11.1 Å². The Balaban J connectivity index is 2.71. The molecule has 0 spiro atoms. The van der Waals surface area contributed by atoms with Gasteiger partial charge in [0, 0.05) is 6.20 Å². The van der Waals surface area contributed by atoms with E-state index in [2.05, 4.69) is 25.7 Å². The second-order valence-corrected chi connectivity index (χ2v) is 3.47. The van der Waals surface area contributed by atoms with Crippen LogP contribution in [0.15, 0.2) is 27.4 Å². The molecule has 0 aliphatic rings. The normalized spacial score (nSPS) is 10.4. The number of ether oxygens (including phenoxy) is 1. The number of hydrogen-bond acceptors (Lipinski definition) is 4. The van der Waals surface area contributed by atoms with E-state index in [0.29, 0.717) is 16.7 Å². The van der Waals surface area contributed by atoms with Crippen molar-refractivity contribution in [3.8, 4) is 0 Å². The first-order valence-electron chi connectivity index (χ1n) is 3.84. The second-order valence-electron chi connectivity index (χ2n) is 2.61. The minimum atomic E-state index is -0.431. The highest BCUT2D eigenvalue weighted by Gasteiger charge is 2.15. The van der Waals surface area contributed by atoms with Crippen LogP contribution in [0.3, 0.4) is 0 Å². The molecule has 4 nitrogen and oxygen atoms in total. The zero-order valence-electron chi connectivity index (χ0n) is 7.28. The fourth-order valence-electron chi connectivity index (χ4n) is 1.17. The van der Waals surface area contributed by atoms with Crippen molar-refractivity contribution in [2.45, 2.75) is 0 Å². The van der Waals surface area contributed by atoms with Gasteiger partial charge in [-0.1, -0.05) is 0 Å². The Kier molecular flexibility index (Phi) is 2.25. The van der Waals surface area contributed by atoms with Crippen LogP contribution < -0.4 is 0 Å². The Morgan fingerprint density at radius 2 is 2.43 bits per heavy atom. The van der Waals surface area contributed by atoms with Crippen LogP contribution in [-0.2, 0) is 4.74 Å². The molecule has 2 aromatic rings. The summed E-state index contributed by atoms with van der Waals surface area (Å²) in [6.45, 7) is 0. The Labute approximate surface area is 88.0 Å². The molecule has 2 heterocycles. The first kappa shape index (κ1) is 9.21. The van der Waals surface area contributed by atoms with E-state index in [-0.39, 0.29) is 0 Å². The van der Waals surface area contributed by atoms with Crippen molar-refractivity contribution in [3.05, 3.63) is 28.6 Å². The molecule has 0 saturated carbocycles. The quantitative estimate of drug-likeness (QED) is 0.735. The lowest BCUT2D eigenvalue weighted by Crippen LogP contribution is -2.01. The minimum absolute atomic E-state index is 0.378. The molecule has 0 aromatic carbocycles. The van der Waals surface area contributed by atoms with Gasteiger partial charge in [-0.25, -0.2) is 4.79 Å². The summed E-state index contributed by atoms with van der Waals surface area (Å²) in [5.41, 5.74) is 1.43. The van der Waals surface area contributed by atoms with Crippen LogP contribution in [0.4, 0.5) is 0 Å². The van der Waals surface area contributed by atoms with Crippen molar-refractivity contribution in [2.75, 3.05) is 7.11 Å². The number of rotatable bonds is 1. The highest BCUT2D eigenvalue weighted by Crippen LogP contribution is 2.26. The Morgan fingerprint density at radius 3 is 3.14 bits per heavy atom. The lowest BCUT2D eigenvalue weighted by Gasteiger charge is -1.98. The van der Waals surface area contributed by atoms with E-state index in [9.17, 15) is 4.79 Å². The Morgan fingerprint density at radius 1 is 1.64 bits per heavy atom. The van der Waals surface area contributed by atoms with Crippen molar-refractivity contribution in [1.29, 1.82) is 0 Å². The summed E-state index contributed by atoms with van der Waals surface area (Å²) < 4.78 is 10.5. The van der Waals surface area contributed by atoms with Gasteiger partial charge in [0.05, 0.1) is 11.6 Å². The highest BCUT2D eigenvalue weighted by molar-refractivity contribution is 9.10. The van der Waals surface area contributed by atoms with E-state index >= 15 is 0 Å². The number of fused-ring (bicyclic) bond motifs is 1. The van der Waals surface area contributed by atoms with E-state index in [0.717, 1.165) is 4.47 Å². The summed E-state index contributed by atoms with van der Waals surface area (Å²) in [6, 6.07) is 1.56. The van der Waals surface area contributed by atoms with Crippen LogP contribution in [0.2, 0.25) is 0 Å². The highest BCUT2D eigenvalue weighted by atomic mass is 79.9. The molecule has 0 saturated heterocycles. The largest absolute Gasteiger partial charge is 0.465 e. The molecule has 0 atom stereocenters. The number of hydrogen-bond donors (Lipinski definition) is 0. The number of methoxy groups -OCH3 is 1. The molecule has 14 heavy (non-hydrogen) atoms. The smallest absolute Gasteiger partial charge is 0.341 e. The maximum atomic E-state index is 11.3. The third-order valence-corrected chi connectivity index (χ3v) is 2.38. The molecule has 2 rings (SSSR count). The van der Waals surface area contributed by atoms with Gasteiger partial charge >= 0.3 is 5.97 Å². The topological polar surface area (TPSA) is 52.3 Å². The van der Waals surface area contributed by atoms with Gasteiger partial charge in [-0.05, 0) is 22.0 Å². The van der Waals surface area contributed by atoms with Gasteiger partial charge < -0.3 is 9.15 Å². The summed E-state index contributed by atoms with van der Waals surface area (Å²) in [5, 5.41) is 0. The number of aromatic nitrogens is 1. The zero-order valence-corrected chi connectivity index (χ0v) is 8.87. The lowest BCUT2D eigenvalue weighted by molar-refractivity contribution is 0.0601. The summed E-state index contributed by atoms with van der Waals surface area (Å²) in [4.78, 5) is 15.4. The number of halogens is 1. The van der Waals surface area contributed by atoms with Crippen LogP contribution in [-0.4, -0.2) is 18.1 Å². The molecule has 0 unspecified atom stereocenters. The van der Waals surface area contributed by atoms with Crippen molar-refractivity contribution >= 4 is 33.0 Å². The fraction of sp³-hybridized carbons (Fsp3) is 0.111. The molecule has 72 valence electrons. The number of esters is 1. The monoisotopic (exact) mass is 255 g/mol. The fourth-order valence-corrected chi connectivity index (χ4v) is 1.55. The SMILES string of the molecule is COC(=O)c1ccnc2c(Br)coc12. The number of furan rings is 1. The Hall–Kier alpha value is -1.36. The summed E-state index contributed by atoms with van der Waals surface area (Å²) in [5.74, 6) is -0.431. The standard InChI is InChI=1S/C9H6BrNO3/c1-13-9(12)5-2-3-11-7-6(10)4-14-8(5)7/h2-4H,1H3. The van der Waals surface area contributed by atoms with Crippen molar-refractivity contribution in [2.24, 2.45) is 0 Å². The molecule has 0 N–H and O–H groups in total. The minimum Gasteiger partial charge on any atom is -0.465 e. The molecular formula is C9H6BrNO3. The van der Waals surface area contributed by atoms with Crippen molar-refractivity contribution < 1.29 is 13.9 Å². The van der Waals surface area contributed by atoms with Gasteiger partial charge in [0.1, 0.15) is 17.3 Å². The van der Waals surface area contributed by atoms with Crippen molar-refractivity contribution in [3.63, 3.8) is 0 Å². The first-order chi connectivity index (χ1) is 6.74. The van der Waals surface area contributed by atoms with Gasteiger partial charge in [0.15, 0.2) is 5.58 Å². The summed E-state index contributed by atoms with van der Waals surface area (Å²) in [6.07, 6.45) is 3.03. The molecular weight excluding hydrogens is 250 g/mol. The number of nitrogens with zero attached hydrogens (tertiary/aromatic N) is 1. The third-order valence-electron chi connectivity index (χ3n) is 1.82. The predicted octanol–water partition coefficient (Wildman–Crippen LogP) is 2.38. The molecule has 0 radical (unpaired) electrons. The number of pyridine rings is 1. The molecule has 0 bridgehead atoms. The van der Waals surface area contributed by atoms with Gasteiger partial charge in [-0.2, -0.15) is 0 Å². The van der Waals surface area contributed by atoms with Crippen LogP contribution in [0.1, 0.15) is 10.4 Å². The molecule has 2 aromatic heterocycles. The Bertz CT molecular complexity index is 492. The molecule has 0 amide bonds. The van der Waals surface area contributed by atoms with E-state index < -0.39 is 5.97 Å². The van der Waals surface area contributed by atoms with Crippen LogP contribution >= 0.6 is 15.9 Å². The van der Waals surface area contributed by atoms with Crippen LogP contribution in [0, 0.1) is 0 Å². The average molecular weight is 256 g/mol. The van der Waals surface area contributed by atoms with Crippen molar-refractivity contribution in [1.82, 2.24) is 4.98 Å². The van der Waals surface area contributed by atoms with E-state index in [1.54, 1.807) is 6.07 Å². The predicted molar refractivity (Wildman–Crippen MR) is 53.0 cm³/mol. The maximum absolute atomic E-state index is 11.3. The third kappa shape index (κ3) is 1.29. The summed E-state index contributed by atoms with van der Waals surface area (Å²) >= 11 is 3.26. The first-order valence-corrected chi connectivity index (χ1v) is 4.63. The van der Waals surface area contributed by atoms with Gasteiger partial charge in [-0.3, -0.25) is 4.98 Å². The summed E-state index contributed by atoms with van der Waals surface area (Å²) in [7, 11) is 1.33. The van der Waals surface area contributed by atoms with Gasteiger partial charge in [0.25, 0.3) is 0 Å². The molecule has 0 aliphatic carbocycles. The van der Waals surface area contributed by atoms with Gasteiger partial charge in [-0.15, -0.1) is 0 Å². The van der Waals surface area contributed by atoms with E-state index in [1.807, 2.05) is 0 Å². The molecule has 5 heteroatoms. The zero-order chi connectivity index (χ0) is 10.1. The maximum Gasteiger partial charge on any atom is 0.341 e. The molecule has 0 aliphatic heterocycles. The van der Waals surface area contributed by atoms with E-state index in [4.69, 9.17) is 4.42 Å². The van der Waals surface area contributed by atoms with Gasteiger partial charge in [0.2, 0.25) is 0 Å².